The maximum atomic E-state index is 13.2. The molecule has 0 bridgehead atoms. The number of rotatable bonds is 3. The molecule has 10 heteroatoms. The molecule has 1 aromatic carbocycles. The minimum atomic E-state index is -1.28. The van der Waals surface area contributed by atoms with Crippen LogP contribution in [0.1, 0.15) is 47.1 Å². The molecule has 0 aromatic heterocycles. The van der Waals surface area contributed by atoms with Crippen molar-refractivity contribution in [1.29, 1.82) is 0 Å². The third-order valence-corrected chi connectivity index (χ3v) is 5.23. The molecule has 2 rings (SSSR count). The van der Waals surface area contributed by atoms with Gasteiger partial charge in [0, 0.05) is 24.7 Å². The molecule has 1 aromatic rings. The summed E-state index contributed by atoms with van der Waals surface area (Å²) in [5.41, 5.74) is -2.93. The van der Waals surface area contributed by atoms with Crippen molar-refractivity contribution < 1.29 is 24.0 Å². The van der Waals surface area contributed by atoms with Crippen LogP contribution in [0.3, 0.4) is 0 Å². The number of amides is 2. The van der Waals surface area contributed by atoms with Gasteiger partial charge in [-0.25, -0.2) is 9.79 Å². The van der Waals surface area contributed by atoms with Crippen molar-refractivity contribution in [3.8, 4) is 5.75 Å². The Hall–Kier alpha value is -3.17. The highest BCUT2D eigenvalue weighted by molar-refractivity contribution is 6.06. The van der Waals surface area contributed by atoms with Crippen LogP contribution in [0.5, 0.6) is 5.75 Å². The lowest BCUT2D eigenvalue weighted by molar-refractivity contribution is -0.385. The van der Waals surface area contributed by atoms with E-state index in [9.17, 15) is 19.7 Å². The van der Waals surface area contributed by atoms with Gasteiger partial charge in [-0.2, -0.15) is 0 Å². The molecule has 164 valence electrons. The summed E-state index contributed by atoms with van der Waals surface area (Å²) in [7, 11) is 2.92. The van der Waals surface area contributed by atoms with Crippen LogP contribution in [0.25, 0.3) is 0 Å². The largest absolute Gasteiger partial charge is 0.496 e. The first-order valence-electron chi connectivity index (χ1n) is 9.35. The molecular weight excluding hydrogens is 392 g/mol. The first-order valence-corrected chi connectivity index (χ1v) is 9.35. The molecule has 0 spiro atoms. The van der Waals surface area contributed by atoms with Crippen LogP contribution in [-0.2, 0) is 15.1 Å². The number of carbonyl (C=O) groups is 2. The molecular formula is C20H28N4O6. The number of carbonyl (C=O) groups excluding carboxylic acids is 2. The van der Waals surface area contributed by atoms with Gasteiger partial charge in [0.1, 0.15) is 16.9 Å². The smallest absolute Gasteiger partial charge is 0.414 e. The van der Waals surface area contributed by atoms with Crippen LogP contribution in [0.2, 0.25) is 0 Å². The van der Waals surface area contributed by atoms with Crippen molar-refractivity contribution >= 4 is 23.6 Å². The number of aliphatic imine (C=N–C) groups is 1. The van der Waals surface area contributed by atoms with Gasteiger partial charge in [0.15, 0.2) is 0 Å². The number of benzene rings is 1. The van der Waals surface area contributed by atoms with E-state index in [1.807, 2.05) is 0 Å². The molecule has 0 saturated carbocycles. The van der Waals surface area contributed by atoms with Gasteiger partial charge < -0.3 is 9.47 Å². The molecule has 1 atom stereocenters. The van der Waals surface area contributed by atoms with Crippen molar-refractivity contribution in [2.45, 2.75) is 52.7 Å². The predicted molar refractivity (Wildman–Crippen MR) is 110 cm³/mol. The summed E-state index contributed by atoms with van der Waals surface area (Å²) in [6, 6.07) is 4.13. The lowest BCUT2D eigenvalue weighted by Gasteiger charge is -2.46. The summed E-state index contributed by atoms with van der Waals surface area (Å²) in [5, 5.41) is 13.9. The van der Waals surface area contributed by atoms with Crippen LogP contribution in [0.4, 0.5) is 10.5 Å². The SMILES string of the molecule is COc1ccc([N+](=O)[O-])cc1[C@@]1(C)N=C(NC(=O)OC(C)(C)C)N(C)C(=O)C1(C)C. The number of ether oxygens (including phenoxy) is 2. The summed E-state index contributed by atoms with van der Waals surface area (Å²) in [6.07, 6.45) is -0.769. The molecule has 1 aliphatic rings. The molecule has 0 aliphatic carbocycles. The standard InChI is InChI=1S/C20H28N4O6/c1-18(2,3)30-17(26)21-16-22-20(6,19(4,5)15(25)23(16)7)13-11-12(24(27)28)9-10-14(13)29-8/h9-11H,1-8H3,(H,21,22,26)/t20-/m1/s1. The van der Waals surface area contributed by atoms with E-state index < -0.39 is 27.6 Å². The Bertz CT molecular complexity index is 918. The summed E-state index contributed by atoms with van der Waals surface area (Å²) >= 11 is 0. The quantitative estimate of drug-likeness (QED) is 0.592. The van der Waals surface area contributed by atoms with Gasteiger partial charge in [0.2, 0.25) is 11.9 Å². The molecule has 0 radical (unpaired) electrons. The second kappa shape index (κ2) is 7.58. The molecule has 30 heavy (non-hydrogen) atoms. The van der Waals surface area contributed by atoms with E-state index in [4.69, 9.17) is 9.47 Å². The van der Waals surface area contributed by atoms with Crippen LogP contribution in [0.15, 0.2) is 23.2 Å². The zero-order chi connectivity index (χ0) is 23.1. The summed E-state index contributed by atoms with van der Waals surface area (Å²) in [5.74, 6) is -0.0156. The number of nitro groups is 1. The number of hydrogen-bond acceptors (Lipinski definition) is 7. The molecule has 0 fully saturated rings. The van der Waals surface area contributed by atoms with E-state index in [0.29, 0.717) is 11.3 Å². The number of alkyl carbamates (subject to hydrolysis) is 1. The predicted octanol–water partition coefficient (Wildman–Crippen LogP) is 3.20. The molecule has 1 aliphatic heterocycles. The van der Waals surface area contributed by atoms with Crippen molar-refractivity contribution in [2.24, 2.45) is 10.4 Å². The monoisotopic (exact) mass is 420 g/mol. The van der Waals surface area contributed by atoms with Gasteiger partial charge in [-0.15, -0.1) is 0 Å². The number of guanidine groups is 1. The summed E-state index contributed by atoms with van der Waals surface area (Å²) in [4.78, 5) is 42.2. The summed E-state index contributed by atoms with van der Waals surface area (Å²) in [6.45, 7) is 10.2. The Balaban J connectivity index is 2.66. The second-order valence-corrected chi connectivity index (χ2v) is 8.77. The third kappa shape index (κ3) is 4.07. The fourth-order valence-electron chi connectivity index (χ4n) is 3.24. The van der Waals surface area contributed by atoms with E-state index in [1.165, 1.54) is 37.3 Å². The van der Waals surface area contributed by atoms with E-state index in [-0.39, 0.29) is 17.6 Å². The second-order valence-electron chi connectivity index (χ2n) is 8.77. The molecule has 0 unspecified atom stereocenters. The minimum Gasteiger partial charge on any atom is -0.496 e. The Labute approximate surface area is 175 Å². The lowest BCUT2D eigenvalue weighted by atomic mass is 9.67. The van der Waals surface area contributed by atoms with Crippen LogP contribution in [0, 0.1) is 15.5 Å². The first-order chi connectivity index (χ1) is 13.6. The Morgan fingerprint density at radius 3 is 2.37 bits per heavy atom. The number of nitrogens with zero attached hydrogens (tertiary/aromatic N) is 3. The third-order valence-electron chi connectivity index (χ3n) is 5.23. The van der Waals surface area contributed by atoms with Gasteiger partial charge in [-0.3, -0.25) is 25.1 Å². The zero-order valence-electron chi connectivity index (χ0n) is 18.5. The molecule has 1 N–H and O–H groups in total. The number of nitrogens with one attached hydrogen (secondary N) is 1. The van der Waals surface area contributed by atoms with Crippen molar-refractivity contribution in [3.63, 3.8) is 0 Å². The highest BCUT2D eigenvalue weighted by Gasteiger charge is 2.54. The van der Waals surface area contributed by atoms with Gasteiger partial charge in [-0.05, 0) is 47.6 Å². The van der Waals surface area contributed by atoms with Crippen molar-refractivity contribution in [2.75, 3.05) is 14.2 Å². The van der Waals surface area contributed by atoms with Gasteiger partial charge in [-0.1, -0.05) is 0 Å². The van der Waals surface area contributed by atoms with E-state index in [1.54, 1.807) is 41.5 Å². The van der Waals surface area contributed by atoms with Crippen LogP contribution in [-0.4, -0.2) is 47.5 Å². The Morgan fingerprint density at radius 1 is 1.27 bits per heavy atom. The summed E-state index contributed by atoms with van der Waals surface area (Å²) < 4.78 is 10.7. The number of methoxy groups -OCH3 is 1. The highest BCUT2D eigenvalue weighted by atomic mass is 16.6. The fraction of sp³-hybridized carbons (Fsp3) is 0.550. The first kappa shape index (κ1) is 23.1. The molecule has 2 amide bonds. The minimum absolute atomic E-state index is 0.0235. The normalized spacial score (nSPS) is 21.0. The molecule has 0 saturated heterocycles. The Kier molecular flexibility index (Phi) is 5.84. The number of non-ortho nitro benzene ring substituents is 1. The Morgan fingerprint density at radius 2 is 1.87 bits per heavy atom. The lowest BCUT2D eigenvalue weighted by Crippen LogP contribution is -2.60. The van der Waals surface area contributed by atoms with Crippen molar-refractivity contribution in [1.82, 2.24) is 10.2 Å². The molecule has 10 nitrogen and oxygen atoms in total. The van der Waals surface area contributed by atoms with Gasteiger partial charge >= 0.3 is 6.09 Å². The highest BCUT2D eigenvalue weighted by Crippen LogP contribution is 2.50. The maximum Gasteiger partial charge on any atom is 0.414 e. The van der Waals surface area contributed by atoms with Gasteiger partial charge in [0.05, 0.1) is 17.4 Å². The topological polar surface area (TPSA) is 123 Å². The van der Waals surface area contributed by atoms with Crippen LogP contribution < -0.4 is 10.1 Å². The van der Waals surface area contributed by atoms with E-state index in [0.717, 1.165) is 0 Å². The van der Waals surface area contributed by atoms with Gasteiger partial charge in [0.25, 0.3) is 5.69 Å². The van der Waals surface area contributed by atoms with Crippen LogP contribution >= 0.6 is 0 Å². The average molecular weight is 420 g/mol. The average Bonchev–Trinajstić information content (AvgIpc) is 2.62. The zero-order valence-corrected chi connectivity index (χ0v) is 18.5. The van der Waals surface area contributed by atoms with Crippen molar-refractivity contribution in [3.05, 3.63) is 33.9 Å². The number of hydrogen-bond donors (Lipinski definition) is 1. The number of nitro benzene ring substituents is 1. The fourth-order valence-corrected chi connectivity index (χ4v) is 3.24. The van der Waals surface area contributed by atoms with E-state index in [2.05, 4.69) is 10.3 Å². The maximum absolute atomic E-state index is 13.2. The van der Waals surface area contributed by atoms with E-state index >= 15 is 0 Å². The molecule has 1 heterocycles.